The van der Waals surface area contributed by atoms with Gasteiger partial charge in [0.1, 0.15) is 6.54 Å². The summed E-state index contributed by atoms with van der Waals surface area (Å²) in [5.41, 5.74) is 0.195. The van der Waals surface area contributed by atoms with Crippen LogP contribution in [-0.4, -0.2) is 52.2 Å². The molecule has 0 radical (unpaired) electrons. The monoisotopic (exact) mass is 459 g/mol. The van der Waals surface area contributed by atoms with Crippen LogP contribution < -0.4 is 9.47 Å². The van der Waals surface area contributed by atoms with Crippen LogP contribution in [0.15, 0.2) is 41.4 Å². The summed E-state index contributed by atoms with van der Waals surface area (Å²) in [6, 6.07) is 7.28. The number of rotatable bonds is 8. The Kier molecular flexibility index (Phi) is 7.05. The van der Waals surface area contributed by atoms with Crippen LogP contribution in [0.25, 0.3) is 6.08 Å². The van der Waals surface area contributed by atoms with Gasteiger partial charge in [-0.3, -0.25) is 29.4 Å². The number of benzene rings is 1. The zero-order chi connectivity index (χ0) is 23.3. The first-order valence-corrected chi connectivity index (χ1v) is 10.0. The molecule has 0 bridgehead atoms. The van der Waals surface area contributed by atoms with E-state index in [0.717, 1.165) is 4.90 Å². The van der Waals surface area contributed by atoms with Crippen molar-refractivity contribution in [1.82, 2.24) is 9.88 Å². The van der Waals surface area contributed by atoms with Crippen LogP contribution in [-0.2, 0) is 14.3 Å². The van der Waals surface area contributed by atoms with Crippen molar-refractivity contribution in [2.45, 2.75) is 6.92 Å². The number of hydrogen-bond acceptors (Lipinski definition) is 10. The van der Waals surface area contributed by atoms with Gasteiger partial charge in [0.2, 0.25) is 0 Å². The first-order chi connectivity index (χ1) is 15.3. The summed E-state index contributed by atoms with van der Waals surface area (Å²) in [7, 11) is 1.38. The Morgan fingerprint density at radius 1 is 1.28 bits per heavy atom. The number of carbonyl (C=O) groups excluding carboxylic acids is 3. The third-order valence-electron chi connectivity index (χ3n) is 4.11. The fourth-order valence-corrected chi connectivity index (χ4v) is 3.52. The van der Waals surface area contributed by atoms with Crippen molar-refractivity contribution in [2.75, 3.05) is 20.3 Å². The SMILES string of the molecule is CCOC(=O)CN1C(=O)SC(=Cc2ccc(Oc3ncccc3[N+](=O)[O-])c(OC)c2)C1=O. The van der Waals surface area contributed by atoms with E-state index in [1.54, 1.807) is 13.0 Å². The van der Waals surface area contributed by atoms with E-state index < -0.39 is 28.6 Å². The third-order valence-corrected chi connectivity index (χ3v) is 5.01. The van der Waals surface area contributed by atoms with E-state index in [4.69, 9.17) is 14.2 Å². The molecular weight excluding hydrogens is 442 g/mol. The van der Waals surface area contributed by atoms with E-state index in [1.807, 2.05) is 0 Å². The van der Waals surface area contributed by atoms with E-state index in [2.05, 4.69) is 4.98 Å². The molecule has 166 valence electrons. The predicted octanol–water partition coefficient (Wildman–Crippen LogP) is 3.39. The molecule has 32 heavy (non-hydrogen) atoms. The molecule has 0 N–H and O–H groups in total. The van der Waals surface area contributed by atoms with Crippen molar-refractivity contribution in [3.63, 3.8) is 0 Å². The topological polar surface area (TPSA) is 138 Å². The maximum Gasteiger partial charge on any atom is 0.331 e. The Morgan fingerprint density at radius 2 is 2.06 bits per heavy atom. The standard InChI is InChI=1S/C20H17N3O8S/c1-3-30-17(24)11-22-19(25)16(32-20(22)26)10-12-6-7-14(15(9-12)29-2)31-18-13(23(27)28)5-4-8-21-18/h4-10H,3,11H2,1-2H3. The molecule has 2 aromatic rings. The van der Waals surface area contributed by atoms with Crippen LogP contribution >= 0.6 is 11.8 Å². The summed E-state index contributed by atoms with van der Waals surface area (Å²) < 4.78 is 15.6. The molecule has 0 atom stereocenters. The van der Waals surface area contributed by atoms with Crippen molar-refractivity contribution >= 4 is 40.6 Å². The van der Waals surface area contributed by atoms with Gasteiger partial charge in [-0.2, -0.15) is 0 Å². The van der Waals surface area contributed by atoms with E-state index in [-0.39, 0.29) is 34.6 Å². The highest BCUT2D eigenvalue weighted by molar-refractivity contribution is 8.18. The molecule has 1 aromatic heterocycles. The molecule has 1 aliphatic heterocycles. The molecule has 3 rings (SSSR count). The van der Waals surface area contributed by atoms with Gasteiger partial charge in [-0.25, -0.2) is 4.98 Å². The number of nitro groups is 1. The van der Waals surface area contributed by atoms with Gasteiger partial charge in [-0.15, -0.1) is 0 Å². The number of carbonyl (C=O) groups is 3. The number of imide groups is 1. The van der Waals surface area contributed by atoms with Crippen molar-refractivity contribution < 1.29 is 33.5 Å². The second-order valence-corrected chi connectivity index (χ2v) is 7.16. The number of aromatic nitrogens is 1. The van der Waals surface area contributed by atoms with Crippen LogP contribution in [0.1, 0.15) is 12.5 Å². The van der Waals surface area contributed by atoms with Crippen LogP contribution in [0.5, 0.6) is 17.4 Å². The van der Waals surface area contributed by atoms with Gasteiger partial charge in [-0.05, 0) is 48.5 Å². The molecular formula is C20H17N3O8S. The largest absolute Gasteiger partial charge is 0.493 e. The lowest BCUT2D eigenvalue weighted by atomic mass is 10.2. The molecule has 1 aromatic carbocycles. The number of methoxy groups -OCH3 is 1. The quantitative estimate of drug-likeness (QED) is 0.250. The molecule has 12 heteroatoms. The van der Waals surface area contributed by atoms with Gasteiger partial charge in [0.15, 0.2) is 11.5 Å². The molecule has 0 aliphatic carbocycles. The summed E-state index contributed by atoms with van der Waals surface area (Å²) in [6.45, 7) is 1.30. The van der Waals surface area contributed by atoms with Gasteiger partial charge in [0.05, 0.1) is 23.5 Å². The smallest absolute Gasteiger partial charge is 0.331 e. The molecule has 2 heterocycles. The number of ether oxygens (including phenoxy) is 3. The minimum atomic E-state index is -0.678. The van der Waals surface area contributed by atoms with Crippen molar-refractivity contribution in [2.24, 2.45) is 0 Å². The van der Waals surface area contributed by atoms with Gasteiger partial charge in [0.25, 0.3) is 17.0 Å². The second kappa shape index (κ2) is 9.92. The fourth-order valence-electron chi connectivity index (χ4n) is 2.69. The van der Waals surface area contributed by atoms with Crippen LogP contribution in [0.4, 0.5) is 10.5 Å². The van der Waals surface area contributed by atoms with Crippen LogP contribution in [0.3, 0.4) is 0 Å². The maximum atomic E-state index is 12.5. The minimum Gasteiger partial charge on any atom is -0.493 e. The summed E-state index contributed by atoms with van der Waals surface area (Å²) >= 11 is 0.696. The maximum absolute atomic E-state index is 12.5. The molecule has 1 saturated heterocycles. The Balaban J connectivity index is 1.83. The molecule has 1 fully saturated rings. The minimum absolute atomic E-state index is 0.121. The highest BCUT2D eigenvalue weighted by atomic mass is 32.2. The average Bonchev–Trinajstić information content (AvgIpc) is 3.02. The first-order valence-electron chi connectivity index (χ1n) is 9.20. The summed E-state index contributed by atoms with van der Waals surface area (Å²) in [4.78, 5) is 51.6. The van der Waals surface area contributed by atoms with E-state index in [1.165, 1.54) is 43.6 Å². The highest BCUT2D eigenvalue weighted by Gasteiger charge is 2.36. The summed E-state index contributed by atoms with van der Waals surface area (Å²) in [5, 5.41) is 10.6. The van der Waals surface area contributed by atoms with Gasteiger partial charge >= 0.3 is 11.7 Å². The number of nitrogens with zero attached hydrogens (tertiary/aromatic N) is 3. The number of thioether (sulfide) groups is 1. The number of esters is 1. The first kappa shape index (κ1) is 22.7. The summed E-state index contributed by atoms with van der Waals surface area (Å²) in [5.74, 6) is -1.10. The molecule has 1 aliphatic rings. The molecule has 2 amide bonds. The zero-order valence-electron chi connectivity index (χ0n) is 17.0. The van der Waals surface area contributed by atoms with Crippen molar-refractivity contribution in [3.8, 4) is 17.4 Å². The van der Waals surface area contributed by atoms with E-state index >= 15 is 0 Å². The van der Waals surface area contributed by atoms with Crippen molar-refractivity contribution in [1.29, 1.82) is 0 Å². The Hall–Kier alpha value is -3.93. The second-order valence-electron chi connectivity index (χ2n) is 6.17. The lowest BCUT2D eigenvalue weighted by molar-refractivity contribution is -0.386. The fraction of sp³-hybridized carbons (Fsp3) is 0.200. The number of hydrogen-bond donors (Lipinski definition) is 0. The molecule has 0 saturated carbocycles. The third kappa shape index (κ3) is 5.03. The summed E-state index contributed by atoms with van der Waals surface area (Å²) in [6.07, 6.45) is 2.82. The zero-order valence-corrected chi connectivity index (χ0v) is 17.8. The van der Waals surface area contributed by atoms with Crippen LogP contribution in [0.2, 0.25) is 0 Å². The average molecular weight is 459 g/mol. The van der Waals surface area contributed by atoms with Gasteiger partial charge < -0.3 is 14.2 Å². The lowest BCUT2D eigenvalue weighted by Gasteiger charge is -2.11. The van der Waals surface area contributed by atoms with Crippen LogP contribution in [0, 0.1) is 10.1 Å². The van der Waals surface area contributed by atoms with Gasteiger partial charge in [0, 0.05) is 12.3 Å². The normalized spacial score (nSPS) is 14.6. The van der Waals surface area contributed by atoms with E-state index in [0.29, 0.717) is 17.3 Å². The van der Waals surface area contributed by atoms with Crippen molar-refractivity contribution in [3.05, 3.63) is 57.1 Å². The predicted molar refractivity (Wildman–Crippen MR) is 113 cm³/mol. The Labute approximate surface area is 186 Å². The molecule has 11 nitrogen and oxygen atoms in total. The Bertz CT molecular complexity index is 1120. The van der Waals surface area contributed by atoms with E-state index in [9.17, 15) is 24.5 Å². The molecule has 0 unspecified atom stereocenters. The lowest BCUT2D eigenvalue weighted by Crippen LogP contribution is -2.34. The number of pyridine rings is 1. The number of amides is 2. The van der Waals surface area contributed by atoms with Gasteiger partial charge in [-0.1, -0.05) is 6.07 Å². The Morgan fingerprint density at radius 3 is 2.75 bits per heavy atom. The highest BCUT2D eigenvalue weighted by Crippen LogP contribution is 2.37. The molecule has 0 spiro atoms.